The number of nitrogens with one attached hydrogen (secondary N) is 1. The standard InChI is InChI=1S/C18H25NOS/c1-13(2)16-6-5-14(3)17(11-16)20-9-8-19-12-18-15(4)7-10-21-18/h5-7,10-11,13,19H,8-9,12H2,1-4H3. The Morgan fingerprint density at radius 3 is 2.62 bits per heavy atom. The van der Waals surface area contributed by atoms with Gasteiger partial charge in [0, 0.05) is 18.0 Å². The molecular weight excluding hydrogens is 278 g/mol. The monoisotopic (exact) mass is 303 g/mol. The minimum Gasteiger partial charge on any atom is -0.492 e. The van der Waals surface area contributed by atoms with E-state index in [1.54, 1.807) is 0 Å². The molecule has 2 nitrogen and oxygen atoms in total. The highest BCUT2D eigenvalue weighted by atomic mass is 32.1. The Labute approximate surface area is 132 Å². The van der Waals surface area contributed by atoms with Crippen LogP contribution in [0.5, 0.6) is 5.75 Å². The molecule has 0 atom stereocenters. The van der Waals surface area contributed by atoms with Crippen molar-refractivity contribution in [1.29, 1.82) is 0 Å². The Morgan fingerprint density at radius 2 is 1.95 bits per heavy atom. The van der Waals surface area contributed by atoms with Crippen molar-refractivity contribution in [1.82, 2.24) is 5.32 Å². The van der Waals surface area contributed by atoms with Gasteiger partial charge in [0.2, 0.25) is 0 Å². The van der Waals surface area contributed by atoms with Crippen molar-refractivity contribution in [2.75, 3.05) is 13.2 Å². The summed E-state index contributed by atoms with van der Waals surface area (Å²) in [5.74, 6) is 1.54. The van der Waals surface area contributed by atoms with E-state index in [0.717, 1.165) is 18.8 Å². The van der Waals surface area contributed by atoms with Crippen LogP contribution in [0, 0.1) is 13.8 Å². The lowest BCUT2D eigenvalue weighted by atomic mass is 10.0. The van der Waals surface area contributed by atoms with Crippen LogP contribution in [-0.4, -0.2) is 13.2 Å². The van der Waals surface area contributed by atoms with E-state index >= 15 is 0 Å². The Hall–Kier alpha value is -1.32. The number of hydrogen-bond acceptors (Lipinski definition) is 3. The molecule has 0 aliphatic carbocycles. The molecule has 0 radical (unpaired) electrons. The van der Waals surface area contributed by atoms with Crippen molar-refractivity contribution in [2.45, 2.75) is 40.2 Å². The van der Waals surface area contributed by atoms with Crippen LogP contribution >= 0.6 is 11.3 Å². The Balaban J connectivity index is 1.78. The van der Waals surface area contributed by atoms with E-state index in [2.05, 4.69) is 62.7 Å². The molecule has 2 rings (SSSR count). The fourth-order valence-corrected chi connectivity index (χ4v) is 3.03. The summed E-state index contributed by atoms with van der Waals surface area (Å²) in [7, 11) is 0. The zero-order valence-electron chi connectivity index (χ0n) is 13.4. The van der Waals surface area contributed by atoms with Crippen molar-refractivity contribution in [2.24, 2.45) is 0 Å². The highest BCUT2D eigenvalue weighted by Gasteiger charge is 2.05. The van der Waals surface area contributed by atoms with Crippen molar-refractivity contribution in [3.8, 4) is 5.75 Å². The quantitative estimate of drug-likeness (QED) is 0.751. The first-order valence-corrected chi connectivity index (χ1v) is 8.43. The molecular formula is C18H25NOS. The molecule has 0 aliphatic rings. The highest BCUT2D eigenvalue weighted by molar-refractivity contribution is 7.10. The average Bonchev–Trinajstić information content (AvgIpc) is 2.85. The lowest BCUT2D eigenvalue weighted by Gasteiger charge is -2.13. The minimum atomic E-state index is 0.535. The summed E-state index contributed by atoms with van der Waals surface area (Å²) in [6, 6.07) is 8.67. The SMILES string of the molecule is Cc1ccc(C(C)C)cc1OCCNCc1sccc1C. The molecule has 1 N–H and O–H groups in total. The second-order valence-electron chi connectivity index (χ2n) is 5.73. The average molecular weight is 303 g/mol. The summed E-state index contributed by atoms with van der Waals surface area (Å²) in [6.45, 7) is 11.2. The van der Waals surface area contributed by atoms with Gasteiger partial charge in [-0.1, -0.05) is 26.0 Å². The predicted molar refractivity (Wildman–Crippen MR) is 91.5 cm³/mol. The molecule has 0 fully saturated rings. The maximum Gasteiger partial charge on any atom is 0.122 e. The number of rotatable bonds is 7. The molecule has 0 bridgehead atoms. The number of hydrogen-bond donors (Lipinski definition) is 1. The van der Waals surface area contributed by atoms with E-state index in [4.69, 9.17) is 4.74 Å². The van der Waals surface area contributed by atoms with Gasteiger partial charge >= 0.3 is 0 Å². The summed E-state index contributed by atoms with van der Waals surface area (Å²) >= 11 is 1.81. The molecule has 0 unspecified atom stereocenters. The summed E-state index contributed by atoms with van der Waals surface area (Å²) in [5.41, 5.74) is 3.90. The zero-order chi connectivity index (χ0) is 15.2. The summed E-state index contributed by atoms with van der Waals surface area (Å²) in [6.07, 6.45) is 0. The van der Waals surface area contributed by atoms with Crippen molar-refractivity contribution < 1.29 is 4.74 Å². The maximum absolute atomic E-state index is 5.92. The van der Waals surface area contributed by atoms with E-state index in [9.17, 15) is 0 Å². The summed E-state index contributed by atoms with van der Waals surface area (Å²) in [5, 5.41) is 5.58. The van der Waals surface area contributed by atoms with Crippen molar-refractivity contribution >= 4 is 11.3 Å². The molecule has 21 heavy (non-hydrogen) atoms. The van der Waals surface area contributed by atoms with Gasteiger partial charge in [0.15, 0.2) is 0 Å². The van der Waals surface area contributed by atoms with Crippen LogP contribution in [0.3, 0.4) is 0 Å². The first kappa shape index (κ1) is 16.1. The maximum atomic E-state index is 5.92. The third-order valence-corrected chi connectivity index (χ3v) is 4.69. The Bertz CT molecular complexity index is 574. The van der Waals surface area contributed by atoms with Crippen LogP contribution in [0.15, 0.2) is 29.6 Å². The first-order valence-electron chi connectivity index (χ1n) is 7.55. The molecule has 1 aromatic carbocycles. The second kappa shape index (κ2) is 7.62. The number of aryl methyl sites for hydroxylation is 2. The molecule has 0 saturated heterocycles. The van der Waals surface area contributed by atoms with Crippen LogP contribution in [0.2, 0.25) is 0 Å². The van der Waals surface area contributed by atoms with E-state index in [0.29, 0.717) is 12.5 Å². The zero-order valence-corrected chi connectivity index (χ0v) is 14.2. The fraction of sp³-hybridized carbons (Fsp3) is 0.444. The normalized spacial score (nSPS) is 11.1. The Kier molecular flexibility index (Phi) is 5.83. The van der Waals surface area contributed by atoms with Crippen LogP contribution in [0.1, 0.15) is 41.3 Å². The van der Waals surface area contributed by atoms with Gasteiger partial charge in [-0.05, 0) is 54.0 Å². The molecule has 3 heteroatoms. The largest absolute Gasteiger partial charge is 0.492 e. The van der Waals surface area contributed by atoms with E-state index < -0.39 is 0 Å². The molecule has 0 aliphatic heterocycles. The van der Waals surface area contributed by atoms with Gasteiger partial charge < -0.3 is 10.1 Å². The fourth-order valence-electron chi connectivity index (χ4n) is 2.15. The third kappa shape index (κ3) is 4.58. The van der Waals surface area contributed by atoms with Gasteiger partial charge in [-0.25, -0.2) is 0 Å². The highest BCUT2D eigenvalue weighted by Crippen LogP contribution is 2.24. The second-order valence-corrected chi connectivity index (χ2v) is 6.73. The van der Waals surface area contributed by atoms with Crippen LogP contribution in [-0.2, 0) is 6.54 Å². The van der Waals surface area contributed by atoms with Crippen molar-refractivity contribution in [3.63, 3.8) is 0 Å². The molecule has 1 heterocycles. The predicted octanol–water partition coefficient (Wildman–Crippen LogP) is 4.66. The van der Waals surface area contributed by atoms with Crippen LogP contribution in [0.25, 0.3) is 0 Å². The lowest BCUT2D eigenvalue weighted by Crippen LogP contribution is -2.20. The van der Waals surface area contributed by atoms with E-state index in [1.165, 1.54) is 21.6 Å². The lowest BCUT2D eigenvalue weighted by molar-refractivity contribution is 0.311. The van der Waals surface area contributed by atoms with Gasteiger partial charge in [0.25, 0.3) is 0 Å². The topological polar surface area (TPSA) is 21.3 Å². The first-order chi connectivity index (χ1) is 10.1. The van der Waals surface area contributed by atoms with Crippen molar-refractivity contribution in [3.05, 3.63) is 51.2 Å². The van der Waals surface area contributed by atoms with Gasteiger partial charge in [0.05, 0.1) is 0 Å². The smallest absolute Gasteiger partial charge is 0.122 e. The van der Waals surface area contributed by atoms with Crippen LogP contribution in [0.4, 0.5) is 0 Å². The number of ether oxygens (including phenoxy) is 1. The summed E-state index contributed by atoms with van der Waals surface area (Å²) < 4.78 is 5.92. The minimum absolute atomic E-state index is 0.535. The molecule has 0 amide bonds. The molecule has 0 saturated carbocycles. The van der Waals surface area contributed by atoms with Gasteiger partial charge in [0.1, 0.15) is 12.4 Å². The van der Waals surface area contributed by atoms with E-state index in [1.807, 2.05) is 11.3 Å². The molecule has 2 aromatic rings. The molecule has 0 spiro atoms. The van der Waals surface area contributed by atoms with Gasteiger partial charge in [-0.3, -0.25) is 0 Å². The number of benzene rings is 1. The van der Waals surface area contributed by atoms with Crippen LogP contribution < -0.4 is 10.1 Å². The Morgan fingerprint density at radius 1 is 1.14 bits per heavy atom. The van der Waals surface area contributed by atoms with E-state index in [-0.39, 0.29) is 0 Å². The molecule has 114 valence electrons. The van der Waals surface area contributed by atoms with Gasteiger partial charge in [-0.2, -0.15) is 0 Å². The molecule has 1 aromatic heterocycles. The third-order valence-electron chi connectivity index (χ3n) is 3.67. The summed E-state index contributed by atoms with van der Waals surface area (Å²) in [4.78, 5) is 1.41. The van der Waals surface area contributed by atoms with Gasteiger partial charge in [-0.15, -0.1) is 11.3 Å². The number of thiophene rings is 1.